The molecule has 0 aromatic rings. The molecule has 2 saturated heterocycles. The number of amides is 1. The summed E-state index contributed by atoms with van der Waals surface area (Å²) in [6, 6.07) is 0. The quantitative estimate of drug-likeness (QED) is 0.655. The lowest BCUT2D eigenvalue weighted by molar-refractivity contribution is -0.122. The number of piperidine rings is 1. The Balaban J connectivity index is 1.40. The normalized spacial score (nSPS) is 26.6. The molecule has 1 amide bonds. The molecular formula is C15H28N2O3. The molecule has 0 aromatic heterocycles. The first-order valence-corrected chi connectivity index (χ1v) is 8.01. The summed E-state index contributed by atoms with van der Waals surface area (Å²) in [7, 11) is 0. The Hall–Kier alpha value is -0.650. The number of hydrogen-bond acceptors (Lipinski definition) is 4. The van der Waals surface area contributed by atoms with Crippen molar-refractivity contribution >= 4 is 5.91 Å². The minimum Gasteiger partial charge on any atom is -0.379 e. The van der Waals surface area contributed by atoms with Gasteiger partial charge in [0.25, 0.3) is 0 Å². The average molecular weight is 284 g/mol. The molecule has 2 N–H and O–H groups in total. The van der Waals surface area contributed by atoms with Crippen LogP contribution in [0.2, 0.25) is 0 Å². The average Bonchev–Trinajstić information content (AvgIpc) is 2.97. The fourth-order valence-electron chi connectivity index (χ4n) is 2.83. The topological polar surface area (TPSA) is 59.6 Å². The van der Waals surface area contributed by atoms with Crippen molar-refractivity contribution in [2.24, 2.45) is 5.92 Å². The summed E-state index contributed by atoms with van der Waals surface area (Å²) in [5, 5.41) is 6.32. The van der Waals surface area contributed by atoms with Gasteiger partial charge in [-0.25, -0.2) is 0 Å². The molecule has 0 aromatic carbocycles. The molecule has 0 radical (unpaired) electrons. The number of ether oxygens (including phenoxy) is 2. The molecule has 116 valence electrons. The van der Waals surface area contributed by atoms with Gasteiger partial charge in [-0.1, -0.05) is 0 Å². The Kier molecular flexibility index (Phi) is 7.33. The minimum atomic E-state index is 0.179. The van der Waals surface area contributed by atoms with Gasteiger partial charge in [0.2, 0.25) is 5.91 Å². The summed E-state index contributed by atoms with van der Waals surface area (Å²) >= 11 is 0. The van der Waals surface area contributed by atoms with Gasteiger partial charge in [-0.3, -0.25) is 4.79 Å². The third-order valence-corrected chi connectivity index (χ3v) is 3.99. The lowest BCUT2D eigenvalue weighted by Gasteiger charge is -2.22. The summed E-state index contributed by atoms with van der Waals surface area (Å²) in [6.45, 7) is 5.06. The van der Waals surface area contributed by atoms with Crippen LogP contribution < -0.4 is 10.6 Å². The predicted octanol–water partition coefficient (Wildman–Crippen LogP) is 1.08. The molecule has 0 saturated carbocycles. The third kappa shape index (κ3) is 6.20. The minimum absolute atomic E-state index is 0.179. The van der Waals surface area contributed by atoms with Crippen LogP contribution >= 0.6 is 0 Å². The maximum atomic E-state index is 11.8. The van der Waals surface area contributed by atoms with E-state index in [-0.39, 0.29) is 5.91 Å². The smallest absolute Gasteiger partial charge is 0.220 e. The molecule has 0 aliphatic carbocycles. The second-order valence-corrected chi connectivity index (χ2v) is 5.83. The first kappa shape index (κ1) is 15.7. The van der Waals surface area contributed by atoms with Gasteiger partial charge in [0.05, 0.1) is 12.7 Å². The van der Waals surface area contributed by atoms with Crippen LogP contribution in [0, 0.1) is 5.92 Å². The molecule has 2 aliphatic heterocycles. The van der Waals surface area contributed by atoms with Crippen LogP contribution in [0.15, 0.2) is 0 Å². The van der Waals surface area contributed by atoms with Crippen molar-refractivity contribution in [3.8, 4) is 0 Å². The van der Waals surface area contributed by atoms with E-state index in [2.05, 4.69) is 10.6 Å². The second-order valence-electron chi connectivity index (χ2n) is 5.83. The number of carbonyl (C=O) groups excluding carboxylic acids is 1. The highest BCUT2D eigenvalue weighted by Gasteiger charge is 2.16. The Morgan fingerprint density at radius 2 is 2.30 bits per heavy atom. The van der Waals surface area contributed by atoms with Crippen molar-refractivity contribution in [1.29, 1.82) is 0 Å². The van der Waals surface area contributed by atoms with E-state index in [1.807, 2.05) is 0 Å². The van der Waals surface area contributed by atoms with Crippen LogP contribution in [-0.2, 0) is 14.3 Å². The van der Waals surface area contributed by atoms with E-state index in [1.165, 1.54) is 12.8 Å². The van der Waals surface area contributed by atoms with E-state index in [9.17, 15) is 4.79 Å². The molecule has 2 atom stereocenters. The lowest BCUT2D eigenvalue weighted by Crippen LogP contribution is -2.34. The van der Waals surface area contributed by atoms with E-state index in [4.69, 9.17) is 9.47 Å². The van der Waals surface area contributed by atoms with Crippen molar-refractivity contribution < 1.29 is 14.3 Å². The van der Waals surface area contributed by atoms with Crippen LogP contribution in [0.3, 0.4) is 0 Å². The summed E-state index contributed by atoms with van der Waals surface area (Å²) in [5.41, 5.74) is 0. The molecular weight excluding hydrogens is 256 g/mol. The predicted molar refractivity (Wildman–Crippen MR) is 77.6 cm³/mol. The highest BCUT2D eigenvalue weighted by Crippen LogP contribution is 2.13. The van der Waals surface area contributed by atoms with Crippen molar-refractivity contribution in [2.75, 3.05) is 39.5 Å². The van der Waals surface area contributed by atoms with E-state index < -0.39 is 0 Å². The molecule has 0 bridgehead atoms. The summed E-state index contributed by atoms with van der Waals surface area (Å²) in [5.74, 6) is 0.692. The zero-order chi connectivity index (χ0) is 14.0. The Morgan fingerprint density at radius 3 is 3.05 bits per heavy atom. The monoisotopic (exact) mass is 284 g/mol. The molecule has 20 heavy (non-hydrogen) atoms. The summed E-state index contributed by atoms with van der Waals surface area (Å²) in [4.78, 5) is 11.8. The van der Waals surface area contributed by atoms with E-state index in [1.54, 1.807) is 0 Å². The molecule has 2 rings (SSSR count). The van der Waals surface area contributed by atoms with Gasteiger partial charge in [-0.05, 0) is 51.1 Å². The first-order valence-electron chi connectivity index (χ1n) is 8.01. The molecule has 5 heteroatoms. The van der Waals surface area contributed by atoms with Crippen molar-refractivity contribution in [3.05, 3.63) is 0 Å². The molecule has 2 heterocycles. The van der Waals surface area contributed by atoms with Crippen molar-refractivity contribution in [2.45, 2.75) is 44.6 Å². The van der Waals surface area contributed by atoms with Gasteiger partial charge in [-0.2, -0.15) is 0 Å². The summed E-state index contributed by atoms with van der Waals surface area (Å²) in [6.07, 6.45) is 6.46. The van der Waals surface area contributed by atoms with Crippen LogP contribution in [0.1, 0.15) is 38.5 Å². The van der Waals surface area contributed by atoms with Crippen molar-refractivity contribution in [3.63, 3.8) is 0 Å². The lowest BCUT2D eigenvalue weighted by atomic mass is 9.96. The molecule has 0 spiro atoms. The SMILES string of the molecule is O=C(CC1CCCNC1)NCCCOCC1CCCO1. The maximum Gasteiger partial charge on any atom is 0.220 e. The largest absolute Gasteiger partial charge is 0.379 e. The van der Waals surface area contributed by atoms with Crippen LogP contribution in [0.4, 0.5) is 0 Å². The van der Waals surface area contributed by atoms with E-state index >= 15 is 0 Å². The number of nitrogens with one attached hydrogen (secondary N) is 2. The van der Waals surface area contributed by atoms with E-state index in [0.717, 1.165) is 39.0 Å². The third-order valence-electron chi connectivity index (χ3n) is 3.99. The van der Waals surface area contributed by atoms with E-state index in [0.29, 0.717) is 38.2 Å². The van der Waals surface area contributed by atoms with Gasteiger partial charge in [0.15, 0.2) is 0 Å². The van der Waals surface area contributed by atoms with Gasteiger partial charge in [-0.15, -0.1) is 0 Å². The molecule has 2 aliphatic rings. The number of hydrogen-bond donors (Lipinski definition) is 2. The fourth-order valence-corrected chi connectivity index (χ4v) is 2.83. The van der Waals surface area contributed by atoms with Crippen LogP contribution in [-0.4, -0.2) is 51.5 Å². The standard InChI is InChI=1S/C15H28N2O3/c18-15(10-13-4-1-6-16-11-13)17-7-3-8-19-12-14-5-2-9-20-14/h13-14,16H,1-12H2,(H,17,18). The number of rotatable bonds is 8. The van der Waals surface area contributed by atoms with Crippen LogP contribution in [0.5, 0.6) is 0 Å². The van der Waals surface area contributed by atoms with Gasteiger partial charge >= 0.3 is 0 Å². The Labute approximate surface area is 121 Å². The highest BCUT2D eigenvalue weighted by molar-refractivity contribution is 5.76. The number of carbonyl (C=O) groups is 1. The highest BCUT2D eigenvalue weighted by atomic mass is 16.5. The first-order chi connectivity index (χ1) is 9.84. The maximum absolute atomic E-state index is 11.8. The Bertz CT molecular complexity index is 274. The van der Waals surface area contributed by atoms with Crippen LogP contribution in [0.25, 0.3) is 0 Å². The zero-order valence-electron chi connectivity index (χ0n) is 12.4. The fraction of sp³-hybridized carbons (Fsp3) is 0.933. The zero-order valence-corrected chi connectivity index (χ0v) is 12.4. The van der Waals surface area contributed by atoms with Gasteiger partial charge in [0.1, 0.15) is 0 Å². The summed E-state index contributed by atoms with van der Waals surface area (Å²) < 4.78 is 11.0. The van der Waals surface area contributed by atoms with Gasteiger partial charge < -0.3 is 20.1 Å². The molecule has 2 fully saturated rings. The van der Waals surface area contributed by atoms with Crippen molar-refractivity contribution in [1.82, 2.24) is 10.6 Å². The molecule has 5 nitrogen and oxygen atoms in total. The second kappa shape index (κ2) is 9.32. The molecule has 2 unspecified atom stereocenters. The van der Waals surface area contributed by atoms with Gasteiger partial charge in [0, 0.05) is 26.2 Å². The Morgan fingerprint density at radius 1 is 1.35 bits per heavy atom.